The number of hydrogen-bond acceptors (Lipinski definition) is 5. The van der Waals surface area contributed by atoms with Crippen LogP contribution in [0.5, 0.6) is 5.75 Å². The smallest absolute Gasteiger partial charge is 0.316 e. The van der Waals surface area contributed by atoms with E-state index in [0.717, 1.165) is 10.5 Å². The molecule has 1 atom stereocenters. The van der Waals surface area contributed by atoms with Crippen LogP contribution in [0.3, 0.4) is 0 Å². The van der Waals surface area contributed by atoms with Crippen LogP contribution in [-0.2, 0) is 0 Å². The zero-order valence-electron chi connectivity index (χ0n) is 19.2. The molecule has 0 fully saturated rings. The third-order valence-corrected chi connectivity index (χ3v) is 5.58. The second kappa shape index (κ2) is 9.68. The van der Waals surface area contributed by atoms with Gasteiger partial charge in [0.1, 0.15) is 5.75 Å². The first-order valence-electron chi connectivity index (χ1n) is 11.0. The molecule has 1 heterocycles. The lowest BCUT2D eigenvalue weighted by atomic mass is 10.0. The van der Waals surface area contributed by atoms with Gasteiger partial charge in [0.15, 0.2) is 0 Å². The first-order chi connectivity index (χ1) is 16.8. The highest BCUT2D eigenvalue weighted by molar-refractivity contribution is 6.34. The Kier molecular flexibility index (Phi) is 6.50. The third-order valence-electron chi connectivity index (χ3n) is 5.58. The van der Waals surface area contributed by atoms with Crippen molar-refractivity contribution >= 4 is 35.1 Å². The van der Waals surface area contributed by atoms with Gasteiger partial charge in [-0.1, -0.05) is 12.1 Å². The summed E-state index contributed by atoms with van der Waals surface area (Å²) in [5, 5.41) is 5.35. The van der Waals surface area contributed by atoms with Gasteiger partial charge in [-0.25, -0.2) is 9.69 Å². The zero-order valence-corrected chi connectivity index (χ0v) is 19.2. The minimum atomic E-state index is -0.662. The Balaban J connectivity index is 1.49. The number of hydrogen-bond donors (Lipinski definition) is 3. The Morgan fingerprint density at radius 2 is 1.60 bits per heavy atom. The number of benzene rings is 3. The van der Waals surface area contributed by atoms with Gasteiger partial charge in [-0.3, -0.25) is 14.4 Å². The molecule has 9 nitrogen and oxygen atoms in total. The quantitative estimate of drug-likeness (QED) is 0.449. The number of carbonyl (C=O) groups is 4. The predicted octanol–water partition coefficient (Wildman–Crippen LogP) is 3.87. The highest BCUT2D eigenvalue weighted by atomic mass is 16.5. The van der Waals surface area contributed by atoms with Crippen LogP contribution in [0.15, 0.2) is 66.7 Å². The Morgan fingerprint density at radius 3 is 2.23 bits per heavy atom. The molecule has 35 heavy (non-hydrogen) atoms. The Morgan fingerprint density at radius 1 is 0.943 bits per heavy atom. The van der Waals surface area contributed by atoms with E-state index < -0.39 is 17.8 Å². The maximum absolute atomic E-state index is 13.0. The van der Waals surface area contributed by atoms with Crippen molar-refractivity contribution in [2.45, 2.75) is 19.9 Å². The number of nitrogens with two attached hydrogens (primary N) is 1. The molecule has 4 rings (SSSR count). The summed E-state index contributed by atoms with van der Waals surface area (Å²) < 4.78 is 5.41. The minimum Gasteiger partial charge on any atom is -0.494 e. The molecule has 1 aliphatic heterocycles. The average molecular weight is 473 g/mol. The van der Waals surface area contributed by atoms with Crippen LogP contribution < -0.4 is 26.0 Å². The van der Waals surface area contributed by atoms with Gasteiger partial charge >= 0.3 is 6.03 Å². The minimum absolute atomic E-state index is 0.172. The number of ether oxygens (including phenoxy) is 1. The molecular weight excluding hydrogens is 448 g/mol. The third kappa shape index (κ3) is 4.84. The number of anilines is 2. The van der Waals surface area contributed by atoms with E-state index in [1.165, 1.54) is 18.2 Å². The molecule has 4 N–H and O–H groups in total. The highest BCUT2D eigenvalue weighted by Crippen LogP contribution is 2.30. The van der Waals surface area contributed by atoms with Crippen molar-refractivity contribution in [2.75, 3.05) is 16.8 Å². The van der Waals surface area contributed by atoms with E-state index in [0.29, 0.717) is 23.7 Å². The van der Waals surface area contributed by atoms with Crippen molar-refractivity contribution in [1.82, 2.24) is 5.32 Å². The van der Waals surface area contributed by atoms with Crippen LogP contribution in [0.1, 0.15) is 56.5 Å². The summed E-state index contributed by atoms with van der Waals surface area (Å²) in [6.07, 6.45) is 0. The summed E-state index contributed by atoms with van der Waals surface area (Å²) in [6.45, 7) is 4.18. The predicted molar refractivity (Wildman–Crippen MR) is 131 cm³/mol. The summed E-state index contributed by atoms with van der Waals surface area (Å²) in [5.74, 6) is -0.687. The fourth-order valence-electron chi connectivity index (χ4n) is 3.84. The van der Waals surface area contributed by atoms with E-state index in [1.54, 1.807) is 48.5 Å². The number of primary amides is 1. The summed E-state index contributed by atoms with van der Waals surface area (Å²) >= 11 is 0. The van der Waals surface area contributed by atoms with Crippen molar-refractivity contribution in [3.63, 3.8) is 0 Å². The van der Waals surface area contributed by atoms with Gasteiger partial charge in [0.25, 0.3) is 17.7 Å². The molecule has 178 valence electrons. The second-order valence-electron chi connectivity index (χ2n) is 7.94. The van der Waals surface area contributed by atoms with Gasteiger partial charge in [-0.15, -0.1) is 0 Å². The van der Waals surface area contributed by atoms with Crippen LogP contribution in [-0.4, -0.2) is 30.4 Å². The molecule has 0 spiro atoms. The van der Waals surface area contributed by atoms with Crippen molar-refractivity contribution < 1.29 is 23.9 Å². The number of fused-ring (bicyclic) bond motifs is 1. The molecule has 3 aromatic carbocycles. The van der Waals surface area contributed by atoms with Crippen LogP contribution in [0, 0.1) is 0 Å². The van der Waals surface area contributed by atoms with Gasteiger partial charge < -0.3 is 21.1 Å². The topological polar surface area (TPSA) is 131 Å². The Hall–Kier alpha value is -4.66. The lowest BCUT2D eigenvalue weighted by Gasteiger charge is -2.15. The zero-order chi connectivity index (χ0) is 25.1. The fraction of sp³-hybridized carbons (Fsp3) is 0.154. The van der Waals surface area contributed by atoms with Crippen molar-refractivity contribution in [3.05, 3.63) is 89.0 Å². The maximum Gasteiger partial charge on any atom is 0.316 e. The molecule has 5 amide bonds. The highest BCUT2D eigenvalue weighted by Gasteiger charge is 2.37. The van der Waals surface area contributed by atoms with E-state index in [2.05, 4.69) is 10.6 Å². The van der Waals surface area contributed by atoms with Gasteiger partial charge in [0, 0.05) is 11.3 Å². The van der Waals surface area contributed by atoms with Gasteiger partial charge in [-0.2, -0.15) is 0 Å². The number of nitrogens with one attached hydrogen (secondary N) is 2. The SMILES string of the molecule is CCOc1ccc(N2C(=O)c3ccc(C(=O)NC(C)c4ccc(NC(N)=O)cc4)cc3C2=O)cc1. The Bertz CT molecular complexity index is 1300. The summed E-state index contributed by atoms with van der Waals surface area (Å²) in [6, 6.07) is 17.0. The largest absolute Gasteiger partial charge is 0.494 e. The normalized spacial score (nSPS) is 13.3. The van der Waals surface area contributed by atoms with Crippen LogP contribution in [0.2, 0.25) is 0 Å². The van der Waals surface area contributed by atoms with Crippen LogP contribution in [0.25, 0.3) is 0 Å². The van der Waals surface area contributed by atoms with Crippen molar-refractivity contribution in [2.24, 2.45) is 5.73 Å². The monoisotopic (exact) mass is 472 g/mol. The number of carbonyl (C=O) groups excluding carboxylic acids is 4. The lowest BCUT2D eigenvalue weighted by molar-refractivity contribution is 0.0921. The average Bonchev–Trinajstić information content (AvgIpc) is 3.09. The summed E-state index contributed by atoms with van der Waals surface area (Å²) in [4.78, 5) is 50.9. The molecule has 3 aromatic rings. The first-order valence-corrected chi connectivity index (χ1v) is 11.0. The first kappa shape index (κ1) is 23.5. The van der Waals surface area contributed by atoms with E-state index in [1.807, 2.05) is 13.8 Å². The number of amides is 5. The standard InChI is InChI=1S/C26H24N4O5/c1-3-35-20-11-9-19(10-12-20)30-24(32)21-13-6-17(14-22(21)25(30)33)23(31)28-15(2)16-4-7-18(8-5-16)29-26(27)34/h4-15H,3H2,1-2H3,(H,28,31)(H3,27,29,34). The molecule has 0 radical (unpaired) electrons. The molecule has 0 saturated carbocycles. The molecular formula is C26H24N4O5. The molecule has 1 aliphatic rings. The Labute approximate surface area is 201 Å². The summed E-state index contributed by atoms with van der Waals surface area (Å²) in [7, 11) is 0. The van der Waals surface area contributed by atoms with Crippen molar-refractivity contribution in [3.8, 4) is 5.75 Å². The molecule has 0 aromatic heterocycles. The van der Waals surface area contributed by atoms with Gasteiger partial charge in [0.05, 0.1) is 29.5 Å². The molecule has 1 unspecified atom stereocenters. The maximum atomic E-state index is 13.0. The van der Waals surface area contributed by atoms with Gasteiger partial charge in [-0.05, 0) is 74.0 Å². The summed E-state index contributed by atoms with van der Waals surface area (Å²) in [5.41, 5.74) is 7.56. The number of rotatable bonds is 7. The van der Waals surface area contributed by atoms with E-state index in [9.17, 15) is 19.2 Å². The van der Waals surface area contributed by atoms with Crippen LogP contribution >= 0.6 is 0 Å². The van der Waals surface area contributed by atoms with Crippen LogP contribution in [0.4, 0.5) is 16.2 Å². The lowest BCUT2D eigenvalue weighted by Crippen LogP contribution is -2.29. The van der Waals surface area contributed by atoms with E-state index >= 15 is 0 Å². The van der Waals surface area contributed by atoms with E-state index in [4.69, 9.17) is 10.5 Å². The number of nitrogens with zero attached hydrogens (tertiary/aromatic N) is 1. The molecule has 0 aliphatic carbocycles. The fourth-order valence-corrected chi connectivity index (χ4v) is 3.84. The number of imide groups is 1. The van der Waals surface area contributed by atoms with E-state index in [-0.39, 0.29) is 28.6 Å². The second-order valence-corrected chi connectivity index (χ2v) is 7.94. The van der Waals surface area contributed by atoms with Gasteiger partial charge in [0.2, 0.25) is 0 Å². The molecule has 0 saturated heterocycles. The molecule has 0 bridgehead atoms. The van der Waals surface area contributed by atoms with Crippen molar-refractivity contribution in [1.29, 1.82) is 0 Å². The number of urea groups is 1. The molecule has 9 heteroatoms.